The number of hydrogen-bond acceptors (Lipinski definition) is 7. The zero-order valence-corrected chi connectivity index (χ0v) is 27.0. The average molecular weight is 652 g/mol. The molecule has 4 aliphatic rings. The van der Waals surface area contributed by atoms with Crippen molar-refractivity contribution < 1.29 is 17.9 Å². The first-order valence-corrected chi connectivity index (χ1v) is 17.9. The molecule has 2 bridgehead atoms. The lowest BCUT2D eigenvalue weighted by Gasteiger charge is -2.39. The van der Waals surface area contributed by atoms with Crippen molar-refractivity contribution in [1.29, 1.82) is 0 Å². The van der Waals surface area contributed by atoms with E-state index < -0.39 is 10.0 Å². The Bertz CT molecular complexity index is 2150. The van der Waals surface area contributed by atoms with Crippen molar-refractivity contribution in [2.24, 2.45) is 17.6 Å². The van der Waals surface area contributed by atoms with Gasteiger partial charge in [-0.25, -0.2) is 18.4 Å². The molecule has 242 valence electrons. The van der Waals surface area contributed by atoms with E-state index in [4.69, 9.17) is 20.4 Å². The maximum atomic E-state index is 13.9. The lowest BCUT2D eigenvalue weighted by molar-refractivity contribution is 0.0700. The van der Waals surface area contributed by atoms with E-state index in [-0.39, 0.29) is 42.0 Å². The van der Waals surface area contributed by atoms with Crippen LogP contribution in [0.2, 0.25) is 0 Å². The number of fused-ring (bicyclic) bond motifs is 4. The highest BCUT2D eigenvalue weighted by Crippen LogP contribution is 2.43. The number of aromatic nitrogens is 4. The number of likely N-dealkylation sites (tertiary alicyclic amines) is 1. The standard InChI is InChI=1S/C35H37N7O4S/c1-46-30-16-24(35(43)41-18-23-11-12-28(41)31(23)36)14-27-32(30)42(25-19-39(20-25)47(44,45)26-7-3-2-4-8-26)34(38-27)29-15-22-6-5-13-37-33(22)40(29)17-21-9-10-21/h2-8,13-16,21,23,25,28,31H,9-12,17-20,36H2,1H3/t23-,28-,31-/m1/s1. The normalized spacial score (nSPS) is 23.2. The Morgan fingerprint density at radius 2 is 1.81 bits per heavy atom. The number of pyridine rings is 1. The zero-order chi connectivity index (χ0) is 32.0. The van der Waals surface area contributed by atoms with Gasteiger partial charge < -0.3 is 24.5 Å². The molecule has 0 unspecified atom stereocenters. The van der Waals surface area contributed by atoms with Gasteiger partial charge in [-0.05, 0) is 80.0 Å². The van der Waals surface area contributed by atoms with Crippen LogP contribution in [-0.4, -0.2) is 81.5 Å². The Kier molecular flexibility index (Phi) is 6.54. The molecule has 2 aliphatic carbocycles. The second kappa shape index (κ2) is 10.6. The highest BCUT2D eigenvalue weighted by molar-refractivity contribution is 7.89. The first-order valence-electron chi connectivity index (χ1n) is 16.5. The molecule has 1 amide bonds. The van der Waals surface area contributed by atoms with Crippen molar-refractivity contribution in [2.75, 3.05) is 26.7 Å². The molecular weight excluding hydrogens is 614 g/mol. The van der Waals surface area contributed by atoms with E-state index in [1.54, 1.807) is 31.4 Å². The number of amides is 1. The van der Waals surface area contributed by atoms with Crippen molar-refractivity contribution in [3.8, 4) is 17.3 Å². The monoisotopic (exact) mass is 651 g/mol. The average Bonchev–Trinajstić information content (AvgIpc) is 3.41. The molecule has 47 heavy (non-hydrogen) atoms. The Balaban J connectivity index is 1.18. The molecule has 4 fully saturated rings. The summed E-state index contributed by atoms with van der Waals surface area (Å²) in [7, 11) is -2.05. The first kappa shape index (κ1) is 28.9. The maximum Gasteiger partial charge on any atom is 0.254 e. The third-order valence-corrected chi connectivity index (χ3v) is 12.6. The molecule has 2 saturated heterocycles. The van der Waals surface area contributed by atoms with Crippen LogP contribution in [0.5, 0.6) is 5.75 Å². The quantitative estimate of drug-likeness (QED) is 0.265. The van der Waals surface area contributed by atoms with Gasteiger partial charge in [0.15, 0.2) is 5.82 Å². The van der Waals surface area contributed by atoms with Crippen LogP contribution in [0.1, 0.15) is 42.1 Å². The molecule has 11 nitrogen and oxygen atoms in total. The van der Waals surface area contributed by atoms with Crippen LogP contribution in [-0.2, 0) is 16.6 Å². The number of ether oxygens (including phenoxy) is 1. The lowest BCUT2D eigenvalue weighted by atomic mass is 10.1. The van der Waals surface area contributed by atoms with E-state index in [0.717, 1.165) is 41.6 Å². The molecule has 2 N–H and O–H groups in total. The van der Waals surface area contributed by atoms with E-state index in [1.165, 1.54) is 17.1 Å². The topological polar surface area (TPSA) is 129 Å². The van der Waals surface area contributed by atoms with Crippen LogP contribution >= 0.6 is 0 Å². The maximum absolute atomic E-state index is 13.9. The second-order valence-electron chi connectivity index (χ2n) is 13.6. The van der Waals surface area contributed by atoms with Gasteiger partial charge in [-0.1, -0.05) is 18.2 Å². The van der Waals surface area contributed by atoms with Crippen LogP contribution in [0, 0.1) is 11.8 Å². The summed E-state index contributed by atoms with van der Waals surface area (Å²) >= 11 is 0. The molecule has 0 spiro atoms. The summed E-state index contributed by atoms with van der Waals surface area (Å²) in [6, 6.07) is 18.2. The van der Waals surface area contributed by atoms with Gasteiger partial charge in [0.25, 0.3) is 5.91 Å². The van der Waals surface area contributed by atoms with Crippen molar-refractivity contribution in [2.45, 2.75) is 55.2 Å². The van der Waals surface area contributed by atoms with E-state index in [2.05, 4.69) is 21.3 Å². The van der Waals surface area contributed by atoms with Crippen molar-refractivity contribution in [1.82, 2.24) is 28.3 Å². The molecular formula is C35H37N7O4S. The summed E-state index contributed by atoms with van der Waals surface area (Å²) < 4.78 is 38.9. The van der Waals surface area contributed by atoms with Crippen molar-refractivity contribution >= 4 is 38.0 Å². The van der Waals surface area contributed by atoms with Crippen molar-refractivity contribution in [3.63, 3.8) is 0 Å². The summed E-state index contributed by atoms with van der Waals surface area (Å²) in [6.07, 6.45) is 6.17. The molecule has 2 saturated carbocycles. The predicted octanol–water partition coefficient (Wildman–Crippen LogP) is 4.28. The van der Waals surface area contributed by atoms with Gasteiger partial charge in [0.1, 0.15) is 16.9 Å². The number of hydrogen-bond donors (Lipinski definition) is 1. The van der Waals surface area contributed by atoms with Gasteiger partial charge >= 0.3 is 0 Å². The molecule has 12 heteroatoms. The van der Waals surface area contributed by atoms with Crippen molar-refractivity contribution in [3.05, 3.63) is 72.4 Å². The fraction of sp³-hybridized carbons (Fsp3) is 0.400. The Morgan fingerprint density at radius 1 is 1.00 bits per heavy atom. The number of methoxy groups -OCH3 is 1. The predicted molar refractivity (Wildman–Crippen MR) is 177 cm³/mol. The van der Waals surface area contributed by atoms with Gasteiger partial charge in [0.05, 0.1) is 29.3 Å². The number of nitrogens with zero attached hydrogens (tertiary/aromatic N) is 6. The SMILES string of the molecule is COc1cc(C(=O)N2C[C@H]3CC[C@@H]2[C@@H]3N)cc2nc(-c3cc4cccnc4n3CC3CC3)n(C3CN(S(=O)(=O)c4ccccc4)C3)c12. The number of sulfonamides is 1. The second-order valence-corrected chi connectivity index (χ2v) is 15.5. The molecule has 3 aromatic heterocycles. The van der Waals surface area contributed by atoms with Gasteiger partial charge in [-0.15, -0.1) is 0 Å². The lowest BCUT2D eigenvalue weighted by Crippen LogP contribution is -2.50. The summed E-state index contributed by atoms with van der Waals surface area (Å²) in [4.78, 5) is 26.1. The van der Waals surface area contributed by atoms with Gasteiger partial charge in [-0.3, -0.25) is 4.79 Å². The van der Waals surface area contributed by atoms with Crippen LogP contribution in [0.15, 0.2) is 71.8 Å². The molecule has 3 atom stereocenters. The van der Waals surface area contributed by atoms with Crippen LogP contribution in [0.25, 0.3) is 33.6 Å². The summed E-state index contributed by atoms with van der Waals surface area (Å²) in [5.41, 5.74) is 10.2. The number of piperidine rings is 1. The molecule has 0 radical (unpaired) electrons. The van der Waals surface area contributed by atoms with E-state index >= 15 is 0 Å². The molecule has 2 aliphatic heterocycles. The zero-order valence-electron chi connectivity index (χ0n) is 26.2. The smallest absolute Gasteiger partial charge is 0.254 e. The summed E-state index contributed by atoms with van der Waals surface area (Å²) in [5, 5.41) is 1.02. The minimum Gasteiger partial charge on any atom is -0.494 e. The minimum atomic E-state index is -3.65. The van der Waals surface area contributed by atoms with Gasteiger partial charge in [0, 0.05) is 55.4 Å². The molecule has 5 aromatic rings. The highest BCUT2D eigenvalue weighted by Gasteiger charge is 2.47. The van der Waals surface area contributed by atoms with Gasteiger partial charge in [0.2, 0.25) is 10.0 Å². The number of nitrogens with two attached hydrogens (primary N) is 1. The Labute approximate surface area is 273 Å². The minimum absolute atomic E-state index is 0.0195. The van der Waals surface area contributed by atoms with Crippen LogP contribution in [0.4, 0.5) is 0 Å². The molecule has 9 rings (SSSR count). The van der Waals surface area contributed by atoms with E-state index in [1.807, 2.05) is 35.4 Å². The van der Waals surface area contributed by atoms with Gasteiger partial charge in [-0.2, -0.15) is 4.31 Å². The fourth-order valence-corrected chi connectivity index (χ4v) is 9.53. The summed E-state index contributed by atoms with van der Waals surface area (Å²) in [5.74, 6) is 2.12. The number of carbonyl (C=O) groups is 1. The fourth-order valence-electron chi connectivity index (χ4n) is 7.99. The number of rotatable bonds is 8. The summed E-state index contributed by atoms with van der Waals surface area (Å²) in [6.45, 7) is 2.08. The number of imidazole rings is 1. The molecule has 2 aromatic carbocycles. The number of carbonyl (C=O) groups excluding carboxylic acids is 1. The third-order valence-electron chi connectivity index (χ3n) is 10.7. The van der Waals surface area contributed by atoms with Crippen LogP contribution < -0.4 is 10.5 Å². The highest BCUT2D eigenvalue weighted by atomic mass is 32.2. The number of benzene rings is 2. The molecule has 5 heterocycles. The Morgan fingerprint density at radius 3 is 2.51 bits per heavy atom. The third kappa shape index (κ3) is 4.52. The largest absolute Gasteiger partial charge is 0.494 e. The van der Waals surface area contributed by atoms with E-state index in [9.17, 15) is 13.2 Å². The van der Waals surface area contributed by atoms with Crippen LogP contribution in [0.3, 0.4) is 0 Å². The van der Waals surface area contributed by atoms with E-state index in [0.29, 0.717) is 41.0 Å². The Hall–Kier alpha value is -4.26. The first-order chi connectivity index (χ1) is 22.8.